The molecule has 19 heavy (non-hydrogen) atoms. The number of ketones is 1. The van der Waals surface area contributed by atoms with Crippen LogP contribution in [0.25, 0.3) is 0 Å². The van der Waals surface area contributed by atoms with Crippen LogP contribution in [0.15, 0.2) is 0 Å². The highest BCUT2D eigenvalue weighted by molar-refractivity contribution is 6.04. The lowest BCUT2D eigenvalue weighted by atomic mass is 9.68. The zero-order chi connectivity index (χ0) is 13.6. The maximum Gasteiger partial charge on any atom is 0.319 e. The number of nitrogens with zero attached hydrogens (tertiary/aromatic N) is 1. The molecule has 5 heteroatoms. The summed E-state index contributed by atoms with van der Waals surface area (Å²) in [5, 5.41) is 0. The number of carbonyl (C=O) groups is 2. The van der Waals surface area contributed by atoms with Crippen molar-refractivity contribution in [2.75, 3.05) is 26.2 Å². The summed E-state index contributed by atoms with van der Waals surface area (Å²) in [6, 6.07) is 0. The smallest absolute Gasteiger partial charge is 0.319 e. The van der Waals surface area contributed by atoms with E-state index in [2.05, 4.69) is 4.90 Å². The van der Waals surface area contributed by atoms with E-state index in [0.29, 0.717) is 19.1 Å². The number of hydrogen-bond donors (Lipinski definition) is 0. The van der Waals surface area contributed by atoms with Gasteiger partial charge in [-0.1, -0.05) is 0 Å². The lowest BCUT2D eigenvalue weighted by molar-refractivity contribution is -0.179. The molecule has 3 atom stereocenters. The third-order valence-electron chi connectivity index (χ3n) is 4.84. The Morgan fingerprint density at radius 1 is 1.47 bits per heavy atom. The molecule has 0 saturated carbocycles. The van der Waals surface area contributed by atoms with Crippen molar-refractivity contribution < 1.29 is 19.1 Å². The summed E-state index contributed by atoms with van der Waals surface area (Å²) in [5.74, 6) is -0.922. The van der Waals surface area contributed by atoms with Crippen LogP contribution >= 0.6 is 0 Å². The van der Waals surface area contributed by atoms with Gasteiger partial charge in [0.25, 0.3) is 0 Å². The molecule has 2 bridgehead atoms. The van der Waals surface area contributed by atoms with Crippen molar-refractivity contribution in [2.45, 2.75) is 38.4 Å². The van der Waals surface area contributed by atoms with E-state index in [1.54, 1.807) is 13.8 Å². The second-order valence-corrected chi connectivity index (χ2v) is 5.85. The molecule has 3 unspecified atom stereocenters. The fraction of sp³-hybridized carbons (Fsp3) is 0.857. The first-order chi connectivity index (χ1) is 9.08. The molecule has 1 spiro atoms. The molecular weight excluding hydrogens is 246 g/mol. The quantitative estimate of drug-likeness (QED) is 0.542. The Hall–Kier alpha value is -0.940. The Balaban J connectivity index is 1.94. The van der Waals surface area contributed by atoms with Crippen LogP contribution in [0.3, 0.4) is 0 Å². The van der Waals surface area contributed by atoms with Crippen LogP contribution in [0.2, 0.25) is 0 Å². The number of carbonyl (C=O) groups excluding carboxylic acids is 2. The van der Waals surface area contributed by atoms with Gasteiger partial charge in [-0.25, -0.2) is 0 Å². The molecule has 4 rings (SSSR count). The summed E-state index contributed by atoms with van der Waals surface area (Å²) >= 11 is 0. The SMILES string of the molecule is CCOC(=O)C1C(=O)C(C)OC12CN1CCC2CC1. The molecule has 0 aromatic heterocycles. The highest BCUT2D eigenvalue weighted by Gasteiger charge is 2.63. The molecule has 0 aliphatic carbocycles. The molecule has 4 saturated heterocycles. The number of esters is 1. The van der Waals surface area contributed by atoms with Crippen LogP contribution in [0, 0.1) is 11.8 Å². The maximum atomic E-state index is 12.3. The number of piperidine rings is 3. The highest BCUT2D eigenvalue weighted by Crippen LogP contribution is 2.48. The van der Waals surface area contributed by atoms with Gasteiger partial charge in [-0.3, -0.25) is 9.59 Å². The Morgan fingerprint density at radius 3 is 2.68 bits per heavy atom. The molecule has 106 valence electrons. The van der Waals surface area contributed by atoms with E-state index < -0.39 is 23.6 Å². The fourth-order valence-corrected chi connectivity index (χ4v) is 3.99. The Labute approximate surface area is 113 Å². The zero-order valence-corrected chi connectivity index (χ0v) is 11.6. The van der Waals surface area contributed by atoms with Gasteiger partial charge in [-0.2, -0.15) is 0 Å². The van der Waals surface area contributed by atoms with Crippen molar-refractivity contribution >= 4 is 11.8 Å². The topological polar surface area (TPSA) is 55.8 Å². The van der Waals surface area contributed by atoms with Crippen molar-refractivity contribution in [3.05, 3.63) is 0 Å². The maximum absolute atomic E-state index is 12.3. The molecule has 0 aromatic rings. The van der Waals surface area contributed by atoms with Crippen LogP contribution in [0.5, 0.6) is 0 Å². The number of hydrogen-bond acceptors (Lipinski definition) is 5. The van der Waals surface area contributed by atoms with Crippen LogP contribution in [-0.2, 0) is 19.1 Å². The van der Waals surface area contributed by atoms with Crippen molar-refractivity contribution in [3.8, 4) is 0 Å². The number of rotatable bonds is 2. The highest BCUT2D eigenvalue weighted by atomic mass is 16.6. The molecule has 5 nitrogen and oxygen atoms in total. The van der Waals surface area contributed by atoms with Crippen LogP contribution in [0.1, 0.15) is 26.7 Å². The summed E-state index contributed by atoms with van der Waals surface area (Å²) in [5.41, 5.74) is -0.626. The third kappa shape index (κ3) is 1.82. The lowest BCUT2D eigenvalue weighted by Crippen LogP contribution is -2.63. The van der Waals surface area contributed by atoms with Crippen molar-refractivity contribution in [1.82, 2.24) is 4.90 Å². The van der Waals surface area contributed by atoms with Gasteiger partial charge in [-0.15, -0.1) is 0 Å². The first-order valence-electron chi connectivity index (χ1n) is 7.19. The molecular formula is C14H21NO4. The van der Waals surface area contributed by atoms with Crippen molar-refractivity contribution in [3.63, 3.8) is 0 Å². The fourth-order valence-electron chi connectivity index (χ4n) is 3.99. The molecule has 0 radical (unpaired) electrons. The van der Waals surface area contributed by atoms with Crippen molar-refractivity contribution in [1.29, 1.82) is 0 Å². The average Bonchev–Trinajstić information content (AvgIpc) is 2.62. The number of Topliss-reactive ketones (excluding diaryl/α,β-unsaturated/α-hetero) is 1. The first kappa shape index (κ1) is 13.1. The normalized spacial score (nSPS) is 44.8. The second kappa shape index (κ2) is 4.56. The van der Waals surface area contributed by atoms with E-state index in [-0.39, 0.29) is 5.78 Å². The van der Waals surface area contributed by atoms with Gasteiger partial charge in [0.15, 0.2) is 5.78 Å². The predicted octanol–water partition coefficient (Wildman–Crippen LogP) is 0.618. The van der Waals surface area contributed by atoms with E-state index in [0.717, 1.165) is 25.9 Å². The predicted molar refractivity (Wildman–Crippen MR) is 67.6 cm³/mol. The van der Waals surface area contributed by atoms with Gasteiger partial charge < -0.3 is 14.4 Å². The summed E-state index contributed by atoms with van der Waals surface area (Å²) in [6.45, 7) is 6.62. The molecule has 0 aromatic carbocycles. The summed E-state index contributed by atoms with van der Waals surface area (Å²) in [4.78, 5) is 26.8. The molecule has 0 amide bonds. The minimum absolute atomic E-state index is 0.104. The molecule has 4 fully saturated rings. The van der Waals surface area contributed by atoms with Crippen molar-refractivity contribution in [2.24, 2.45) is 11.8 Å². The molecule has 4 aliphatic heterocycles. The van der Waals surface area contributed by atoms with Gasteiger partial charge in [-0.05, 0) is 45.7 Å². The largest absolute Gasteiger partial charge is 0.465 e. The Kier molecular flexibility index (Phi) is 3.14. The van der Waals surface area contributed by atoms with Gasteiger partial charge in [0.05, 0.1) is 6.61 Å². The molecule has 4 heterocycles. The van der Waals surface area contributed by atoms with E-state index in [9.17, 15) is 9.59 Å². The zero-order valence-electron chi connectivity index (χ0n) is 11.6. The molecule has 0 N–H and O–H groups in total. The first-order valence-corrected chi connectivity index (χ1v) is 7.19. The summed E-state index contributed by atoms with van der Waals surface area (Å²) < 4.78 is 11.1. The summed E-state index contributed by atoms with van der Waals surface area (Å²) in [6.07, 6.45) is 1.53. The van der Waals surface area contributed by atoms with Gasteiger partial charge in [0.2, 0.25) is 0 Å². The van der Waals surface area contributed by atoms with E-state index >= 15 is 0 Å². The van der Waals surface area contributed by atoms with E-state index in [1.807, 2.05) is 0 Å². The Morgan fingerprint density at radius 2 is 2.16 bits per heavy atom. The number of fused-ring (bicyclic) bond motifs is 2. The van der Waals surface area contributed by atoms with Gasteiger partial charge in [0.1, 0.15) is 17.6 Å². The lowest BCUT2D eigenvalue weighted by Gasteiger charge is -2.52. The Bertz CT molecular complexity index is 402. The van der Waals surface area contributed by atoms with Gasteiger partial charge >= 0.3 is 5.97 Å². The average molecular weight is 267 g/mol. The standard InChI is InChI=1S/C14H21NO4/c1-3-18-13(17)11-12(16)9(2)19-14(11)8-15-6-4-10(14)5-7-15/h9-11H,3-8H2,1-2H3. The minimum atomic E-state index is -0.726. The molecule has 4 aliphatic rings. The minimum Gasteiger partial charge on any atom is -0.465 e. The summed E-state index contributed by atoms with van der Waals surface area (Å²) in [7, 11) is 0. The van der Waals surface area contributed by atoms with Crippen LogP contribution < -0.4 is 0 Å². The van der Waals surface area contributed by atoms with Crippen LogP contribution in [-0.4, -0.2) is 54.6 Å². The van der Waals surface area contributed by atoms with E-state index in [1.165, 1.54) is 0 Å². The van der Waals surface area contributed by atoms with Crippen LogP contribution in [0.4, 0.5) is 0 Å². The number of ether oxygens (including phenoxy) is 2. The monoisotopic (exact) mass is 267 g/mol. The van der Waals surface area contributed by atoms with E-state index in [4.69, 9.17) is 9.47 Å². The van der Waals surface area contributed by atoms with Gasteiger partial charge in [0, 0.05) is 6.54 Å². The second-order valence-electron chi connectivity index (χ2n) is 5.85. The third-order valence-corrected chi connectivity index (χ3v) is 4.84.